The standard InChI is InChI=1S/C14H20ClN/c1-14(2)8-4-7-13(14)16-10-11-5-3-6-12(15)9-11/h3,5-6,9,13,16H,4,7-8,10H2,1-2H3. The number of halogens is 1. The minimum Gasteiger partial charge on any atom is -0.309 e. The molecule has 2 rings (SSSR count). The summed E-state index contributed by atoms with van der Waals surface area (Å²) in [6.45, 7) is 5.64. The monoisotopic (exact) mass is 237 g/mol. The van der Waals surface area contributed by atoms with E-state index in [1.165, 1.54) is 24.8 Å². The fourth-order valence-electron chi connectivity index (χ4n) is 2.59. The Hall–Kier alpha value is -0.530. The maximum absolute atomic E-state index is 5.97. The second-order valence-electron chi connectivity index (χ2n) is 5.44. The third-order valence-electron chi connectivity index (χ3n) is 3.70. The maximum atomic E-state index is 5.97. The van der Waals surface area contributed by atoms with Crippen molar-refractivity contribution in [3.05, 3.63) is 34.9 Å². The van der Waals surface area contributed by atoms with Crippen LogP contribution in [0.15, 0.2) is 24.3 Å². The van der Waals surface area contributed by atoms with Crippen molar-refractivity contribution in [2.75, 3.05) is 0 Å². The van der Waals surface area contributed by atoms with Crippen LogP contribution in [0.3, 0.4) is 0 Å². The first-order valence-electron chi connectivity index (χ1n) is 6.06. The second-order valence-corrected chi connectivity index (χ2v) is 5.88. The van der Waals surface area contributed by atoms with Gasteiger partial charge in [0.2, 0.25) is 0 Å². The summed E-state index contributed by atoms with van der Waals surface area (Å²) in [6, 6.07) is 8.74. The van der Waals surface area contributed by atoms with Gasteiger partial charge < -0.3 is 5.32 Å². The molecule has 1 unspecified atom stereocenters. The zero-order valence-corrected chi connectivity index (χ0v) is 10.8. The molecule has 2 heteroatoms. The fourth-order valence-corrected chi connectivity index (χ4v) is 2.81. The lowest BCUT2D eigenvalue weighted by Gasteiger charge is -2.28. The van der Waals surface area contributed by atoms with E-state index < -0.39 is 0 Å². The van der Waals surface area contributed by atoms with Crippen LogP contribution in [0.25, 0.3) is 0 Å². The highest BCUT2D eigenvalue weighted by atomic mass is 35.5. The zero-order valence-electron chi connectivity index (χ0n) is 10.1. The number of benzene rings is 1. The minimum absolute atomic E-state index is 0.443. The predicted molar refractivity (Wildman–Crippen MR) is 69.7 cm³/mol. The maximum Gasteiger partial charge on any atom is 0.0409 e. The van der Waals surface area contributed by atoms with Crippen molar-refractivity contribution in [2.45, 2.75) is 45.7 Å². The van der Waals surface area contributed by atoms with Gasteiger partial charge in [-0.15, -0.1) is 0 Å². The van der Waals surface area contributed by atoms with Crippen molar-refractivity contribution in [2.24, 2.45) is 5.41 Å². The second kappa shape index (κ2) is 4.77. The molecule has 1 aliphatic carbocycles. The molecule has 1 aliphatic rings. The van der Waals surface area contributed by atoms with Crippen LogP contribution in [0, 0.1) is 5.41 Å². The van der Waals surface area contributed by atoms with Crippen LogP contribution in [-0.2, 0) is 6.54 Å². The van der Waals surface area contributed by atoms with Gasteiger partial charge in [-0.05, 0) is 36.0 Å². The third-order valence-corrected chi connectivity index (χ3v) is 3.93. The molecule has 1 aromatic rings. The average Bonchev–Trinajstić information content (AvgIpc) is 2.55. The first-order chi connectivity index (χ1) is 7.58. The molecule has 1 fully saturated rings. The number of hydrogen-bond donors (Lipinski definition) is 1. The molecule has 0 aromatic heterocycles. The van der Waals surface area contributed by atoms with E-state index in [2.05, 4.69) is 25.2 Å². The Morgan fingerprint density at radius 2 is 2.25 bits per heavy atom. The van der Waals surface area contributed by atoms with Crippen LogP contribution in [0.2, 0.25) is 5.02 Å². The zero-order chi connectivity index (χ0) is 11.6. The van der Waals surface area contributed by atoms with Crippen molar-refractivity contribution in [1.82, 2.24) is 5.32 Å². The molecule has 0 aliphatic heterocycles. The Morgan fingerprint density at radius 3 is 2.88 bits per heavy atom. The molecular formula is C14H20ClN. The highest BCUT2D eigenvalue weighted by Crippen LogP contribution is 2.37. The average molecular weight is 238 g/mol. The van der Waals surface area contributed by atoms with Crippen LogP contribution < -0.4 is 5.32 Å². The molecule has 0 radical (unpaired) electrons. The van der Waals surface area contributed by atoms with Crippen LogP contribution in [0.5, 0.6) is 0 Å². The van der Waals surface area contributed by atoms with Gasteiger partial charge in [-0.3, -0.25) is 0 Å². The Kier molecular flexibility index (Phi) is 3.56. The lowest BCUT2D eigenvalue weighted by molar-refractivity contribution is 0.282. The Labute approximate surface area is 103 Å². The van der Waals surface area contributed by atoms with E-state index in [0.29, 0.717) is 11.5 Å². The fraction of sp³-hybridized carbons (Fsp3) is 0.571. The lowest BCUT2D eigenvalue weighted by Crippen LogP contribution is -2.37. The Bertz CT molecular complexity index is 360. The van der Waals surface area contributed by atoms with E-state index in [-0.39, 0.29) is 0 Å². The van der Waals surface area contributed by atoms with E-state index in [4.69, 9.17) is 11.6 Å². The van der Waals surface area contributed by atoms with Gasteiger partial charge >= 0.3 is 0 Å². The molecule has 1 aromatic carbocycles. The molecule has 1 nitrogen and oxygen atoms in total. The van der Waals surface area contributed by atoms with Crippen LogP contribution in [-0.4, -0.2) is 6.04 Å². The molecule has 0 spiro atoms. The molecule has 1 N–H and O–H groups in total. The molecule has 1 atom stereocenters. The van der Waals surface area contributed by atoms with Crippen molar-refractivity contribution in [3.63, 3.8) is 0 Å². The molecule has 0 bridgehead atoms. The smallest absolute Gasteiger partial charge is 0.0409 e. The van der Waals surface area contributed by atoms with Crippen LogP contribution in [0.4, 0.5) is 0 Å². The molecule has 0 amide bonds. The van der Waals surface area contributed by atoms with E-state index in [0.717, 1.165) is 11.6 Å². The molecule has 88 valence electrons. The first kappa shape index (κ1) is 11.9. The molecule has 1 saturated carbocycles. The summed E-state index contributed by atoms with van der Waals surface area (Å²) in [5, 5.41) is 4.48. The summed E-state index contributed by atoms with van der Waals surface area (Å²) in [6.07, 6.45) is 3.98. The summed E-state index contributed by atoms with van der Waals surface area (Å²) in [7, 11) is 0. The van der Waals surface area contributed by atoms with Crippen LogP contribution in [0.1, 0.15) is 38.7 Å². The minimum atomic E-state index is 0.443. The number of nitrogens with one attached hydrogen (secondary N) is 1. The van der Waals surface area contributed by atoms with Crippen molar-refractivity contribution < 1.29 is 0 Å². The predicted octanol–water partition coefficient (Wildman–Crippen LogP) is 4.01. The molecule has 0 saturated heterocycles. The highest BCUT2D eigenvalue weighted by molar-refractivity contribution is 6.30. The summed E-state index contributed by atoms with van der Waals surface area (Å²) in [4.78, 5) is 0. The van der Waals surface area contributed by atoms with E-state index in [1.807, 2.05) is 18.2 Å². The number of rotatable bonds is 3. The van der Waals surface area contributed by atoms with Crippen LogP contribution >= 0.6 is 11.6 Å². The molecule has 0 heterocycles. The Balaban J connectivity index is 1.92. The highest BCUT2D eigenvalue weighted by Gasteiger charge is 2.33. The van der Waals surface area contributed by atoms with Gasteiger partial charge in [0.25, 0.3) is 0 Å². The summed E-state index contributed by atoms with van der Waals surface area (Å²) in [5.74, 6) is 0. The van der Waals surface area contributed by atoms with Gasteiger partial charge in [0.1, 0.15) is 0 Å². The Morgan fingerprint density at radius 1 is 1.44 bits per heavy atom. The molecular weight excluding hydrogens is 218 g/mol. The van der Waals surface area contributed by atoms with Gasteiger partial charge in [-0.25, -0.2) is 0 Å². The van der Waals surface area contributed by atoms with Gasteiger partial charge in [0.05, 0.1) is 0 Å². The SMILES string of the molecule is CC1(C)CCCC1NCc1cccc(Cl)c1. The van der Waals surface area contributed by atoms with E-state index >= 15 is 0 Å². The quantitative estimate of drug-likeness (QED) is 0.838. The van der Waals surface area contributed by atoms with Crippen molar-refractivity contribution >= 4 is 11.6 Å². The van der Waals surface area contributed by atoms with E-state index in [1.54, 1.807) is 0 Å². The van der Waals surface area contributed by atoms with E-state index in [9.17, 15) is 0 Å². The normalized spacial score (nSPS) is 23.6. The summed E-state index contributed by atoms with van der Waals surface area (Å²) >= 11 is 5.97. The van der Waals surface area contributed by atoms with Gasteiger partial charge in [0.15, 0.2) is 0 Å². The summed E-state index contributed by atoms with van der Waals surface area (Å²) < 4.78 is 0. The van der Waals surface area contributed by atoms with Crippen molar-refractivity contribution in [3.8, 4) is 0 Å². The summed E-state index contributed by atoms with van der Waals surface area (Å²) in [5.41, 5.74) is 1.72. The van der Waals surface area contributed by atoms with Gasteiger partial charge in [-0.2, -0.15) is 0 Å². The molecule has 16 heavy (non-hydrogen) atoms. The topological polar surface area (TPSA) is 12.0 Å². The largest absolute Gasteiger partial charge is 0.309 e. The lowest BCUT2D eigenvalue weighted by atomic mass is 9.87. The van der Waals surface area contributed by atoms with Gasteiger partial charge in [0, 0.05) is 17.6 Å². The number of hydrogen-bond acceptors (Lipinski definition) is 1. The van der Waals surface area contributed by atoms with Crippen molar-refractivity contribution in [1.29, 1.82) is 0 Å². The first-order valence-corrected chi connectivity index (χ1v) is 6.43. The third kappa shape index (κ3) is 2.78. The van der Waals surface area contributed by atoms with Gasteiger partial charge in [-0.1, -0.05) is 44.0 Å².